The van der Waals surface area contributed by atoms with Crippen LogP contribution in [0.1, 0.15) is 46.5 Å². The van der Waals surface area contributed by atoms with E-state index in [1.807, 2.05) is 0 Å². The first-order chi connectivity index (χ1) is 7.65. The summed E-state index contributed by atoms with van der Waals surface area (Å²) in [7, 11) is 0. The van der Waals surface area contributed by atoms with E-state index >= 15 is 0 Å². The van der Waals surface area contributed by atoms with E-state index in [1.165, 1.54) is 25.7 Å². The molecule has 0 aromatic rings. The molecule has 0 aromatic carbocycles. The molecule has 96 valence electrons. The number of nitrogens with one attached hydrogen (secondary N) is 1. The van der Waals surface area contributed by atoms with Gasteiger partial charge in [0.15, 0.2) is 0 Å². The van der Waals surface area contributed by atoms with Crippen LogP contribution in [0.25, 0.3) is 0 Å². The Labute approximate surface area is 100 Å². The van der Waals surface area contributed by atoms with Crippen LogP contribution >= 0.6 is 0 Å². The number of aliphatic hydroxyl groups is 1. The molecule has 0 amide bonds. The van der Waals surface area contributed by atoms with Crippen molar-refractivity contribution in [3.05, 3.63) is 0 Å². The van der Waals surface area contributed by atoms with Gasteiger partial charge in [0.2, 0.25) is 0 Å². The van der Waals surface area contributed by atoms with Gasteiger partial charge in [0.05, 0.1) is 6.10 Å². The summed E-state index contributed by atoms with van der Waals surface area (Å²) in [5.74, 6) is 0. The number of β-amino-alcohol motifs (C(OH)–C–C–N with tert-alkyl or cyclic N) is 1. The lowest BCUT2D eigenvalue weighted by Gasteiger charge is -2.43. The second-order valence-corrected chi connectivity index (χ2v) is 5.01. The van der Waals surface area contributed by atoms with E-state index in [0.717, 1.165) is 26.2 Å². The lowest BCUT2D eigenvalue weighted by molar-refractivity contribution is 0.0891. The van der Waals surface area contributed by atoms with E-state index in [4.69, 9.17) is 0 Å². The number of hydrogen-bond donors (Lipinski definition) is 2. The highest BCUT2D eigenvalue weighted by atomic mass is 16.3. The summed E-state index contributed by atoms with van der Waals surface area (Å²) in [6.07, 6.45) is 4.85. The predicted octanol–water partition coefficient (Wildman–Crippen LogP) is 1.61. The van der Waals surface area contributed by atoms with Crippen molar-refractivity contribution >= 4 is 0 Å². The van der Waals surface area contributed by atoms with Gasteiger partial charge in [0, 0.05) is 18.6 Å². The van der Waals surface area contributed by atoms with E-state index in [1.54, 1.807) is 0 Å². The van der Waals surface area contributed by atoms with Gasteiger partial charge in [-0.3, -0.25) is 0 Å². The minimum absolute atomic E-state index is 0.232. The van der Waals surface area contributed by atoms with Crippen LogP contribution < -0.4 is 5.32 Å². The molecule has 2 N–H and O–H groups in total. The van der Waals surface area contributed by atoms with Gasteiger partial charge in [-0.15, -0.1) is 0 Å². The van der Waals surface area contributed by atoms with Crippen LogP contribution in [0, 0.1) is 0 Å². The molecule has 0 radical (unpaired) electrons. The Kier molecular flexibility index (Phi) is 5.73. The third kappa shape index (κ3) is 3.72. The number of likely N-dealkylation sites (N-methyl/N-ethyl adjacent to an activating group) is 1. The largest absolute Gasteiger partial charge is 0.390 e. The topological polar surface area (TPSA) is 35.5 Å². The third-order valence-electron chi connectivity index (χ3n) is 4.06. The smallest absolute Gasteiger partial charge is 0.0791 e. The minimum Gasteiger partial charge on any atom is -0.390 e. The molecule has 0 spiro atoms. The fourth-order valence-electron chi connectivity index (χ4n) is 2.44. The molecule has 1 rings (SSSR count). The van der Waals surface area contributed by atoms with Crippen molar-refractivity contribution in [2.45, 2.75) is 58.1 Å². The summed E-state index contributed by atoms with van der Waals surface area (Å²) in [5, 5.41) is 13.5. The highest BCUT2D eigenvalue weighted by molar-refractivity contribution is 4.95. The maximum absolute atomic E-state index is 9.96. The van der Waals surface area contributed by atoms with Crippen molar-refractivity contribution < 1.29 is 5.11 Å². The van der Waals surface area contributed by atoms with Crippen LogP contribution in [0.15, 0.2) is 0 Å². The van der Waals surface area contributed by atoms with Crippen LogP contribution in [0.3, 0.4) is 0 Å². The van der Waals surface area contributed by atoms with Crippen molar-refractivity contribution in [3.8, 4) is 0 Å². The molecule has 1 aliphatic rings. The fraction of sp³-hybridized carbons (Fsp3) is 1.00. The summed E-state index contributed by atoms with van der Waals surface area (Å²) in [4.78, 5) is 2.27. The molecule has 3 heteroatoms. The van der Waals surface area contributed by atoms with E-state index in [0.29, 0.717) is 5.54 Å². The highest BCUT2D eigenvalue weighted by Gasteiger charge is 2.34. The number of rotatable bonds is 8. The van der Waals surface area contributed by atoms with Gasteiger partial charge in [0.25, 0.3) is 0 Å². The zero-order valence-corrected chi connectivity index (χ0v) is 11.1. The van der Waals surface area contributed by atoms with Crippen LogP contribution in [-0.4, -0.2) is 47.8 Å². The third-order valence-corrected chi connectivity index (χ3v) is 4.06. The monoisotopic (exact) mass is 228 g/mol. The Bertz CT molecular complexity index is 183. The first kappa shape index (κ1) is 13.9. The normalized spacial score (nSPS) is 20.8. The molecule has 0 aliphatic heterocycles. The van der Waals surface area contributed by atoms with Crippen molar-refractivity contribution in [2.75, 3.05) is 26.2 Å². The predicted molar refractivity (Wildman–Crippen MR) is 68.7 cm³/mol. The lowest BCUT2D eigenvalue weighted by Crippen LogP contribution is -2.53. The second kappa shape index (κ2) is 6.58. The molecule has 0 aromatic heterocycles. The summed E-state index contributed by atoms with van der Waals surface area (Å²) < 4.78 is 0. The Morgan fingerprint density at radius 2 is 1.88 bits per heavy atom. The zero-order valence-electron chi connectivity index (χ0n) is 11.1. The number of nitrogens with zero attached hydrogens (tertiary/aromatic N) is 1. The van der Waals surface area contributed by atoms with Gasteiger partial charge in [-0.25, -0.2) is 0 Å². The van der Waals surface area contributed by atoms with Crippen molar-refractivity contribution in [1.29, 1.82) is 0 Å². The standard InChI is InChI=1S/C13H28N2O/c1-4-13(8-7-9-13)14-10-12(16)11-15(5-2)6-3/h12,14,16H,4-11H2,1-3H3. The fourth-order valence-corrected chi connectivity index (χ4v) is 2.44. The molecule has 16 heavy (non-hydrogen) atoms. The molecule has 1 saturated carbocycles. The number of aliphatic hydroxyl groups excluding tert-OH is 1. The molecular weight excluding hydrogens is 200 g/mol. The molecule has 1 aliphatic carbocycles. The Balaban J connectivity index is 2.21. The first-order valence-corrected chi connectivity index (χ1v) is 6.81. The van der Waals surface area contributed by atoms with Crippen LogP contribution in [0.4, 0.5) is 0 Å². The summed E-state index contributed by atoms with van der Waals surface area (Å²) in [6, 6.07) is 0. The lowest BCUT2D eigenvalue weighted by atomic mass is 9.75. The Morgan fingerprint density at radius 3 is 2.25 bits per heavy atom. The van der Waals surface area contributed by atoms with Gasteiger partial charge in [-0.05, 0) is 38.8 Å². The Morgan fingerprint density at radius 1 is 1.25 bits per heavy atom. The molecule has 1 atom stereocenters. The van der Waals surface area contributed by atoms with E-state index < -0.39 is 0 Å². The molecule has 3 nitrogen and oxygen atoms in total. The summed E-state index contributed by atoms with van der Waals surface area (Å²) in [5.41, 5.74) is 0.351. The van der Waals surface area contributed by atoms with E-state index in [-0.39, 0.29) is 6.10 Å². The van der Waals surface area contributed by atoms with Crippen molar-refractivity contribution in [2.24, 2.45) is 0 Å². The van der Waals surface area contributed by atoms with Gasteiger partial charge in [-0.2, -0.15) is 0 Å². The maximum atomic E-state index is 9.96. The molecular formula is C13H28N2O. The quantitative estimate of drug-likeness (QED) is 0.662. The number of hydrogen-bond acceptors (Lipinski definition) is 3. The molecule has 0 heterocycles. The summed E-state index contributed by atoms with van der Waals surface area (Å²) in [6.45, 7) is 10.1. The SMILES string of the molecule is CCN(CC)CC(O)CNC1(CC)CCC1. The van der Waals surface area contributed by atoms with Crippen molar-refractivity contribution in [3.63, 3.8) is 0 Å². The maximum Gasteiger partial charge on any atom is 0.0791 e. The zero-order chi connectivity index (χ0) is 12.0. The molecule has 1 unspecified atom stereocenters. The molecule has 1 fully saturated rings. The average Bonchev–Trinajstić information content (AvgIpc) is 2.25. The minimum atomic E-state index is -0.232. The van der Waals surface area contributed by atoms with E-state index in [2.05, 4.69) is 31.0 Å². The molecule has 0 bridgehead atoms. The average molecular weight is 228 g/mol. The second-order valence-electron chi connectivity index (χ2n) is 5.01. The van der Waals surface area contributed by atoms with Crippen LogP contribution in [0.2, 0.25) is 0 Å². The van der Waals surface area contributed by atoms with Gasteiger partial charge in [-0.1, -0.05) is 20.8 Å². The van der Waals surface area contributed by atoms with Crippen LogP contribution in [-0.2, 0) is 0 Å². The summed E-state index contributed by atoms with van der Waals surface area (Å²) >= 11 is 0. The van der Waals surface area contributed by atoms with Gasteiger partial charge >= 0.3 is 0 Å². The van der Waals surface area contributed by atoms with Crippen LogP contribution in [0.5, 0.6) is 0 Å². The van der Waals surface area contributed by atoms with Gasteiger partial charge in [0.1, 0.15) is 0 Å². The first-order valence-electron chi connectivity index (χ1n) is 6.81. The Hall–Kier alpha value is -0.120. The van der Waals surface area contributed by atoms with Gasteiger partial charge < -0.3 is 15.3 Å². The van der Waals surface area contributed by atoms with Crippen molar-refractivity contribution in [1.82, 2.24) is 10.2 Å². The van der Waals surface area contributed by atoms with E-state index in [9.17, 15) is 5.11 Å². The highest BCUT2D eigenvalue weighted by Crippen LogP contribution is 2.34. The molecule has 0 saturated heterocycles.